The van der Waals surface area contributed by atoms with Gasteiger partial charge in [0.1, 0.15) is 12.1 Å². The summed E-state index contributed by atoms with van der Waals surface area (Å²) in [5.74, 6) is 1.50. The lowest BCUT2D eigenvalue weighted by Crippen LogP contribution is -2.57. The Kier molecular flexibility index (Phi) is 7.11. The number of aromatic nitrogens is 2. The van der Waals surface area contributed by atoms with E-state index in [4.69, 9.17) is 21.1 Å². The Morgan fingerprint density at radius 3 is 2.75 bits per heavy atom. The van der Waals surface area contributed by atoms with Crippen LogP contribution in [0.25, 0.3) is 10.9 Å². The molecule has 1 aliphatic carbocycles. The van der Waals surface area contributed by atoms with Crippen LogP contribution < -0.4 is 20.1 Å². The molecule has 5 rings (SSSR count). The number of nitrogens with one attached hydrogen (secondary N) is 2. The number of rotatable bonds is 6. The van der Waals surface area contributed by atoms with E-state index in [1.54, 1.807) is 25.3 Å². The first kappa shape index (κ1) is 24.5. The zero-order chi connectivity index (χ0) is 25.2. The highest BCUT2D eigenvalue weighted by atomic mass is 35.5. The van der Waals surface area contributed by atoms with Gasteiger partial charge >= 0.3 is 0 Å². The molecule has 8 nitrogen and oxygen atoms in total. The first-order chi connectivity index (χ1) is 17.4. The average Bonchev–Trinajstić information content (AvgIpc) is 2.89. The van der Waals surface area contributed by atoms with Crippen LogP contribution in [0, 0.1) is 11.7 Å². The van der Waals surface area contributed by atoms with Gasteiger partial charge in [0.05, 0.1) is 35.5 Å². The van der Waals surface area contributed by atoms with Crippen molar-refractivity contribution in [1.29, 1.82) is 0 Å². The van der Waals surface area contributed by atoms with Crippen LogP contribution in [0.5, 0.6) is 11.5 Å². The molecule has 1 amide bonds. The summed E-state index contributed by atoms with van der Waals surface area (Å²) in [5.41, 5.74) is 0.851. The summed E-state index contributed by atoms with van der Waals surface area (Å²) in [4.78, 5) is 23.1. The molecule has 10 heteroatoms. The molecule has 3 aromatic rings. The second-order valence-corrected chi connectivity index (χ2v) is 9.72. The van der Waals surface area contributed by atoms with Gasteiger partial charge in [-0.2, -0.15) is 0 Å². The van der Waals surface area contributed by atoms with Crippen molar-refractivity contribution in [3.8, 4) is 11.5 Å². The van der Waals surface area contributed by atoms with Crippen LogP contribution in [0.1, 0.15) is 25.7 Å². The van der Waals surface area contributed by atoms with E-state index >= 15 is 0 Å². The van der Waals surface area contributed by atoms with Gasteiger partial charge < -0.3 is 25.0 Å². The van der Waals surface area contributed by atoms with Crippen molar-refractivity contribution in [2.24, 2.45) is 5.92 Å². The van der Waals surface area contributed by atoms with Crippen LogP contribution in [0.3, 0.4) is 0 Å². The van der Waals surface area contributed by atoms with E-state index in [1.165, 1.54) is 12.4 Å². The third kappa shape index (κ3) is 4.90. The molecule has 1 saturated carbocycles. The molecule has 0 unspecified atom stereocenters. The number of amides is 1. The predicted molar refractivity (Wildman–Crippen MR) is 137 cm³/mol. The van der Waals surface area contributed by atoms with Crippen molar-refractivity contribution in [3.05, 3.63) is 47.5 Å². The predicted octanol–water partition coefficient (Wildman–Crippen LogP) is 4.54. The number of nitrogens with zero attached hydrogens (tertiary/aromatic N) is 3. The first-order valence-corrected chi connectivity index (χ1v) is 12.5. The second kappa shape index (κ2) is 10.4. The van der Waals surface area contributed by atoms with Crippen LogP contribution in [0.2, 0.25) is 5.02 Å². The Labute approximate surface area is 214 Å². The molecule has 1 aromatic heterocycles. The number of fused-ring (bicyclic) bond motifs is 1. The Morgan fingerprint density at radius 2 is 1.97 bits per heavy atom. The standard InChI is InChI=1S/C26H29ClFN5O3/c1-33-11-10-29-24(26(33)34)15-6-8-16(9-7-15)36-22-12-17-20(13-21(22)35-2)30-14-31-25(17)32-19-5-3-4-18(27)23(19)28/h3-5,12-16,24,29H,6-11H2,1-2H3,(H,30,31,32)/t15-,16-,24-/m0/s1. The summed E-state index contributed by atoms with van der Waals surface area (Å²) >= 11 is 5.94. The molecule has 1 aliphatic heterocycles. The number of benzene rings is 2. The Bertz CT molecular complexity index is 1270. The molecule has 36 heavy (non-hydrogen) atoms. The smallest absolute Gasteiger partial charge is 0.239 e. The summed E-state index contributed by atoms with van der Waals surface area (Å²) < 4.78 is 26.5. The Morgan fingerprint density at radius 1 is 1.17 bits per heavy atom. The summed E-state index contributed by atoms with van der Waals surface area (Å²) in [6.45, 7) is 1.58. The van der Waals surface area contributed by atoms with Crippen molar-refractivity contribution in [2.45, 2.75) is 37.8 Å². The molecule has 0 spiro atoms. The summed E-state index contributed by atoms with van der Waals surface area (Å²) in [6, 6.07) is 8.25. The lowest BCUT2D eigenvalue weighted by atomic mass is 9.81. The Hall–Kier alpha value is -3.17. The van der Waals surface area contributed by atoms with Gasteiger partial charge in [0.25, 0.3) is 0 Å². The van der Waals surface area contributed by atoms with Crippen molar-refractivity contribution >= 4 is 39.9 Å². The zero-order valence-corrected chi connectivity index (χ0v) is 21.0. The largest absolute Gasteiger partial charge is 0.493 e. The van der Waals surface area contributed by atoms with Crippen LogP contribution in [0.4, 0.5) is 15.9 Å². The number of anilines is 2. The molecule has 190 valence electrons. The highest BCUT2D eigenvalue weighted by molar-refractivity contribution is 6.31. The fourth-order valence-electron chi connectivity index (χ4n) is 5.05. The number of carbonyl (C=O) groups is 1. The molecule has 2 N–H and O–H groups in total. The molecule has 1 saturated heterocycles. The molecule has 2 heterocycles. The topological polar surface area (TPSA) is 88.6 Å². The molecule has 1 atom stereocenters. The van der Waals surface area contributed by atoms with Gasteiger partial charge in [0, 0.05) is 31.6 Å². The third-order valence-corrected chi connectivity index (χ3v) is 7.35. The van der Waals surface area contributed by atoms with Gasteiger partial charge in [-0.3, -0.25) is 4.79 Å². The first-order valence-electron chi connectivity index (χ1n) is 12.1. The van der Waals surface area contributed by atoms with E-state index in [1.807, 2.05) is 18.0 Å². The highest BCUT2D eigenvalue weighted by Crippen LogP contribution is 2.38. The molecule has 2 aliphatic rings. The SMILES string of the molecule is COc1cc2ncnc(Nc3cccc(Cl)c3F)c2cc1O[C@H]1CC[C@H]([C@@H]2NCCN(C)C2=O)CC1. The number of carbonyl (C=O) groups excluding carboxylic acids is 1. The zero-order valence-electron chi connectivity index (χ0n) is 20.3. The highest BCUT2D eigenvalue weighted by Gasteiger charge is 2.36. The van der Waals surface area contributed by atoms with Crippen molar-refractivity contribution in [2.75, 3.05) is 32.6 Å². The minimum absolute atomic E-state index is 0.00423. The molecule has 2 aromatic carbocycles. The number of hydrogen-bond acceptors (Lipinski definition) is 7. The summed E-state index contributed by atoms with van der Waals surface area (Å²) in [6.07, 6.45) is 4.89. The summed E-state index contributed by atoms with van der Waals surface area (Å²) in [7, 11) is 3.45. The van der Waals surface area contributed by atoms with Crippen molar-refractivity contribution in [3.63, 3.8) is 0 Å². The fraction of sp³-hybridized carbons (Fsp3) is 0.423. The fourth-order valence-corrected chi connectivity index (χ4v) is 5.23. The van der Waals surface area contributed by atoms with E-state index in [0.29, 0.717) is 34.1 Å². The van der Waals surface area contributed by atoms with E-state index in [9.17, 15) is 9.18 Å². The number of halogens is 2. The maximum atomic E-state index is 14.5. The number of piperazine rings is 1. The Balaban J connectivity index is 1.34. The van der Waals surface area contributed by atoms with Gasteiger partial charge in [-0.05, 0) is 49.8 Å². The molecule has 0 radical (unpaired) electrons. The van der Waals surface area contributed by atoms with Gasteiger partial charge in [0.2, 0.25) is 5.91 Å². The van der Waals surface area contributed by atoms with Gasteiger partial charge in [0.15, 0.2) is 17.3 Å². The number of ether oxygens (including phenoxy) is 2. The minimum atomic E-state index is -0.551. The van der Waals surface area contributed by atoms with E-state index < -0.39 is 5.82 Å². The lowest BCUT2D eigenvalue weighted by molar-refractivity contribution is -0.136. The van der Waals surface area contributed by atoms with Crippen molar-refractivity contribution < 1.29 is 18.7 Å². The average molecular weight is 514 g/mol. The second-order valence-electron chi connectivity index (χ2n) is 9.32. The van der Waals surface area contributed by atoms with E-state index in [2.05, 4.69) is 20.6 Å². The molecule has 2 fully saturated rings. The number of methoxy groups -OCH3 is 1. The van der Waals surface area contributed by atoms with Crippen LogP contribution in [0.15, 0.2) is 36.7 Å². The lowest BCUT2D eigenvalue weighted by Gasteiger charge is -2.38. The van der Waals surface area contributed by atoms with Gasteiger partial charge in [-0.15, -0.1) is 0 Å². The summed E-state index contributed by atoms with van der Waals surface area (Å²) in [5, 5.41) is 7.11. The van der Waals surface area contributed by atoms with Crippen LogP contribution in [-0.2, 0) is 4.79 Å². The minimum Gasteiger partial charge on any atom is -0.493 e. The van der Waals surface area contributed by atoms with Crippen LogP contribution in [-0.4, -0.2) is 60.2 Å². The monoisotopic (exact) mass is 513 g/mol. The maximum absolute atomic E-state index is 14.5. The third-order valence-electron chi connectivity index (χ3n) is 7.06. The van der Waals surface area contributed by atoms with E-state index in [0.717, 1.165) is 38.8 Å². The molecule has 0 bridgehead atoms. The van der Waals surface area contributed by atoms with E-state index in [-0.39, 0.29) is 28.8 Å². The normalized spacial score (nSPS) is 22.5. The van der Waals surface area contributed by atoms with Gasteiger partial charge in [-0.1, -0.05) is 17.7 Å². The number of hydrogen-bond donors (Lipinski definition) is 2. The van der Waals surface area contributed by atoms with Crippen LogP contribution >= 0.6 is 11.6 Å². The molecular formula is C26H29ClFN5O3. The van der Waals surface area contributed by atoms with Crippen molar-refractivity contribution in [1.82, 2.24) is 20.2 Å². The quantitative estimate of drug-likeness (QED) is 0.500. The number of likely N-dealkylation sites (N-methyl/N-ethyl adjacent to an activating group) is 1. The molecular weight excluding hydrogens is 485 g/mol. The maximum Gasteiger partial charge on any atom is 0.239 e. The van der Waals surface area contributed by atoms with Gasteiger partial charge in [-0.25, -0.2) is 14.4 Å².